The average molecular weight is 329 g/mol. The van der Waals surface area contributed by atoms with Crippen molar-refractivity contribution in [1.29, 1.82) is 0 Å². The Balaban J connectivity index is 2.59. The number of hydrogen-bond donors (Lipinski definition) is 2. The molecular weight excluding hydrogens is 304 g/mol. The molecule has 0 aliphatic rings. The molecule has 1 aromatic carbocycles. The zero-order valence-corrected chi connectivity index (χ0v) is 13.6. The Morgan fingerprint density at radius 2 is 2.09 bits per heavy atom. The molecule has 0 spiro atoms. The van der Waals surface area contributed by atoms with Crippen LogP contribution in [-0.2, 0) is 6.54 Å². The van der Waals surface area contributed by atoms with Gasteiger partial charge in [-0.1, -0.05) is 26.2 Å². The monoisotopic (exact) mass is 329 g/mol. The summed E-state index contributed by atoms with van der Waals surface area (Å²) in [5.41, 5.74) is 6.28. The smallest absolute Gasteiger partial charge is 0.387 e. The summed E-state index contributed by atoms with van der Waals surface area (Å²) < 4.78 is 34.4. The largest absolute Gasteiger partial charge is 0.497 e. The summed E-state index contributed by atoms with van der Waals surface area (Å²) >= 11 is 0. The fourth-order valence-corrected chi connectivity index (χ4v) is 1.99. The molecule has 5 nitrogen and oxygen atoms in total. The predicted octanol–water partition coefficient (Wildman–Crippen LogP) is 3.28. The third-order valence-corrected chi connectivity index (χ3v) is 3.25. The van der Waals surface area contributed by atoms with Crippen LogP contribution in [0.4, 0.5) is 8.78 Å². The van der Waals surface area contributed by atoms with Crippen molar-refractivity contribution in [2.24, 2.45) is 10.7 Å². The lowest BCUT2D eigenvalue weighted by atomic mass is 10.2. The molecule has 0 bridgehead atoms. The number of guanidine groups is 1. The summed E-state index contributed by atoms with van der Waals surface area (Å²) in [5.74, 6) is 0.773. The number of rotatable bonds is 10. The SMILES string of the molecule is CCCCCCNC(N)=NCc1ccc(OC)cc1OC(F)F. The van der Waals surface area contributed by atoms with Gasteiger partial charge in [-0.2, -0.15) is 8.78 Å². The fraction of sp³-hybridized carbons (Fsp3) is 0.562. The highest BCUT2D eigenvalue weighted by atomic mass is 19.3. The minimum atomic E-state index is -2.90. The zero-order valence-electron chi connectivity index (χ0n) is 13.6. The van der Waals surface area contributed by atoms with Gasteiger partial charge in [0, 0.05) is 18.2 Å². The molecule has 0 heterocycles. The van der Waals surface area contributed by atoms with Crippen LogP contribution < -0.4 is 20.5 Å². The van der Waals surface area contributed by atoms with Crippen molar-refractivity contribution >= 4 is 5.96 Å². The van der Waals surface area contributed by atoms with E-state index in [2.05, 4.69) is 22.0 Å². The van der Waals surface area contributed by atoms with Crippen molar-refractivity contribution in [2.75, 3.05) is 13.7 Å². The maximum atomic E-state index is 12.5. The van der Waals surface area contributed by atoms with Crippen molar-refractivity contribution in [1.82, 2.24) is 5.32 Å². The van der Waals surface area contributed by atoms with Gasteiger partial charge in [-0.25, -0.2) is 4.99 Å². The number of benzene rings is 1. The molecule has 1 rings (SSSR count). The van der Waals surface area contributed by atoms with E-state index in [0.29, 0.717) is 17.3 Å². The van der Waals surface area contributed by atoms with Crippen LogP contribution >= 0.6 is 0 Å². The quantitative estimate of drug-likeness (QED) is 0.393. The molecule has 7 heteroatoms. The lowest BCUT2D eigenvalue weighted by Crippen LogP contribution is -2.32. The number of aliphatic imine (C=N–C) groups is 1. The maximum absolute atomic E-state index is 12.5. The number of hydrogen-bond acceptors (Lipinski definition) is 3. The number of alkyl halides is 2. The third-order valence-electron chi connectivity index (χ3n) is 3.25. The van der Waals surface area contributed by atoms with Crippen molar-refractivity contribution in [3.63, 3.8) is 0 Å². The van der Waals surface area contributed by atoms with Gasteiger partial charge in [-0.05, 0) is 18.6 Å². The number of halogens is 2. The fourth-order valence-electron chi connectivity index (χ4n) is 1.99. The van der Waals surface area contributed by atoms with Crippen LogP contribution in [0.15, 0.2) is 23.2 Å². The molecule has 130 valence electrons. The van der Waals surface area contributed by atoms with Crippen LogP contribution in [0.3, 0.4) is 0 Å². The van der Waals surface area contributed by atoms with Gasteiger partial charge in [0.2, 0.25) is 0 Å². The molecule has 1 aromatic rings. The van der Waals surface area contributed by atoms with Crippen molar-refractivity contribution < 1.29 is 18.3 Å². The first-order chi connectivity index (χ1) is 11.1. The van der Waals surface area contributed by atoms with Gasteiger partial charge in [0.15, 0.2) is 5.96 Å². The topological polar surface area (TPSA) is 68.9 Å². The number of nitrogens with zero attached hydrogens (tertiary/aromatic N) is 1. The highest BCUT2D eigenvalue weighted by Crippen LogP contribution is 2.26. The Morgan fingerprint density at radius 3 is 2.74 bits per heavy atom. The van der Waals surface area contributed by atoms with Gasteiger partial charge in [0.25, 0.3) is 0 Å². The van der Waals surface area contributed by atoms with Gasteiger partial charge in [-0.3, -0.25) is 0 Å². The number of unbranched alkanes of at least 4 members (excludes halogenated alkanes) is 3. The second-order valence-corrected chi connectivity index (χ2v) is 5.04. The Bertz CT molecular complexity index is 496. The van der Waals surface area contributed by atoms with Crippen molar-refractivity contribution in [3.05, 3.63) is 23.8 Å². The predicted molar refractivity (Wildman–Crippen MR) is 87.1 cm³/mol. The molecule has 0 unspecified atom stereocenters. The van der Waals surface area contributed by atoms with Crippen LogP contribution in [0.2, 0.25) is 0 Å². The molecule has 0 saturated heterocycles. The van der Waals surface area contributed by atoms with Crippen LogP contribution in [0.5, 0.6) is 11.5 Å². The van der Waals surface area contributed by atoms with Gasteiger partial charge in [-0.15, -0.1) is 0 Å². The second kappa shape index (κ2) is 10.6. The van der Waals surface area contributed by atoms with E-state index in [1.807, 2.05) is 0 Å². The van der Waals surface area contributed by atoms with Crippen LogP contribution in [0.25, 0.3) is 0 Å². The molecule has 0 aliphatic carbocycles. The number of nitrogens with two attached hydrogens (primary N) is 1. The van der Waals surface area contributed by atoms with E-state index >= 15 is 0 Å². The summed E-state index contributed by atoms with van der Waals surface area (Å²) in [6.45, 7) is 0.147. The first-order valence-electron chi connectivity index (χ1n) is 7.72. The highest BCUT2D eigenvalue weighted by molar-refractivity contribution is 5.77. The average Bonchev–Trinajstić information content (AvgIpc) is 2.52. The molecule has 0 saturated carbocycles. The molecule has 23 heavy (non-hydrogen) atoms. The Kier molecular flexibility index (Phi) is 8.79. The molecule has 0 aliphatic heterocycles. The number of methoxy groups -OCH3 is 1. The highest BCUT2D eigenvalue weighted by Gasteiger charge is 2.11. The van der Waals surface area contributed by atoms with E-state index in [0.717, 1.165) is 19.4 Å². The summed E-state index contributed by atoms with van der Waals surface area (Å²) in [6.07, 6.45) is 4.53. The van der Waals surface area contributed by atoms with Gasteiger partial charge in [0.1, 0.15) is 11.5 Å². The summed E-state index contributed by atoms with van der Waals surface area (Å²) in [6, 6.07) is 4.71. The third kappa shape index (κ3) is 7.67. The zero-order chi connectivity index (χ0) is 17.1. The Morgan fingerprint density at radius 1 is 1.30 bits per heavy atom. The van der Waals surface area contributed by atoms with Crippen LogP contribution in [-0.4, -0.2) is 26.2 Å². The Hall–Kier alpha value is -2.05. The van der Waals surface area contributed by atoms with E-state index in [4.69, 9.17) is 10.5 Å². The summed E-state index contributed by atoms with van der Waals surface area (Å²) in [5, 5.41) is 3.01. The molecule has 0 radical (unpaired) electrons. The van der Waals surface area contributed by atoms with E-state index in [-0.39, 0.29) is 12.3 Å². The Labute approximate surface area is 135 Å². The number of nitrogens with one attached hydrogen (secondary N) is 1. The minimum absolute atomic E-state index is 0.0406. The van der Waals surface area contributed by atoms with E-state index in [1.165, 1.54) is 26.0 Å². The van der Waals surface area contributed by atoms with Crippen molar-refractivity contribution in [2.45, 2.75) is 45.8 Å². The molecule has 0 atom stereocenters. The first-order valence-corrected chi connectivity index (χ1v) is 7.72. The van der Waals surface area contributed by atoms with Crippen molar-refractivity contribution in [3.8, 4) is 11.5 Å². The van der Waals surface area contributed by atoms with E-state index in [9.17, 15) is 8.78 Å². The lowest BCUT2D eigenvalue weighted by Gasteiger charge is -2.11. The van der Waals surface area contributed by atoms with Gasteiger partial charge < -0.3 is 20.5 Å². The molecule has 0 aromatic heterocycles. The second-order valence-electron chi connectivity index (χ2n) is 5.04. The first kappa shape index (κ1) is 19.0. The molecule has 3 N–H and O–H groups in total. The van der Waals surface area contributed by atoms with E-state index < -0.39 is 6.61 Å². The lowest BCUT2D eigenvalue weighted by molar-refractivity contribution is -0.0505. The standard InChI is InChI=1S/C16H25F2N3O2/c1-3-4-5-6-9-20-16(19)21-11-12-7-8-13(22-2)10-14(12)23-15(17)18/h7-8,10,15H,3-6,9,11H2,1-2H3,(H3,19,20,21). The van der Waals surface area contributed by atoms with Gasteiger partial charge in [0.05, 0.1) is 13.7 Å². The normalized spacial score (nSPS) is 11.6. The number of ether oxygens (including phenoxy) is 2. The summed E-state index contributed by atoms with van der Waals surface area (Å²) in [4.78, 5) is 4.15. The molecule has 0 amide bonds. The summed E-state index contributed by atoms with van der Waals surface area (Å²) in [7, 11) is 1.46. The minimum Gasteiger partial charge on any atom is -0.497 e. The molecule has 0 fully saturated rings. The van der Waals surface area contributed by atoms with Crippen LogP contribution in [0, 0.1) is 0 Å². The van der Waals surface area contributed by atoms with Crippen LogP contribution in [0.1, 0.15) is 38.2 Å². The van der Waals surface area contributed by atoms with Gasteiger partial charge >= 0.3 is 6.61 Å². The maximum Gasteiger partial charge on any atom is 0.387 e. The van der Waals surface area contributed by atoms with E-state index in [1.54, 1.807) is 12.1 Å². The molecular formula is C16H25F2N3O2.